The SMILES string of the molecule is CCC(C)C(=O)/C=C/c1c(C)nc(N)nc1NC1CCOCC1. The Kier molecular flexibility index (Phi) is 6.10. The number of allylic oxidation sites excluding steroid dienone is 1. The molecule has 0 amide bonds. The van der Waals surface area contributed by atoms with Crippen LogP contribution >= 0.6 is 0 Å². The summed E-state index contributed by atoms with van der Waals surface area (Å²) in [6.07, 6.45) is 6.10. The highest BCUT2D eigenvalue weighted by Gasteiger charge is 2.17. The summed E-state index contributed by atoms with van der Waals surface area (Å²) in [6, 6.07) is 0.301. The lowest BCUT2D eigenvalue weighted by Gasteiger charge is -2.24. The maximum absolute atomic E-state index is 12.0. The molecule has 1 fully saturated rings. The third-order valence-corrected chi connectivity index (χ3v) is 4.23. The number of ketones is 1. The van der Waals surface area contributed by atoms with Crippen molar-refractivity contribution in [2.75, 3.05) is 24.3 Å². The minimum Gasteiger partial charge on any atom is -0.381 e. The molecule has 2 rings (SSSR count). The zero-order chi connectivity index (χ0) is 16.8. The highest BCUT2D eigenvalue weighted by Crippen LogP contribution is 2.22. The van der Waals surface area contributed by atoms with Gasteiger partial charge in [-0.1, -0.05) is 13.8 Å². The van der Waals surface area contributed by atoms with Crippen LogP contribution < -0.4 is 11.1 Å². The first-order chi connectivity index (χ1) is 11.0. The van der Waals surface area contributed by atoms with E-state index in [1.165, 1.54) is 0 Å². The number of nitrogens with two attached hydrogens (primary N) is 1. The number of nitrogens with zero attached hydrogens (tertiary/aromatic N) is 2. The highest BCUT2D eigenvalue weighted by atomic mass is 16.5. The molecular weight excluding hydrogens is 292 g/mol. The second-order valence-electron chi connectivity index (χ2n) is 6.01. The number of carbonyl (C=O) groups excluding carboxylic acids is 1. The molecule has 6 heteroatoms. The maximum atomic E-state index is 12.0. The predicted molar refractivity (Wildman–Crippen MR) is 92.1 cm³/mol. The van der Waals surface area contributed by atoms with Crippen LogP contribution in [0.2, 0.25) is 0 Å². The molecule has 0 spiro atoms. The molecule has 0 bridgehead atoms. The lowest BCUT2D eigenvalue weighted by Crippen LogP contribution is -2.29. The highest BCUT2D eigenvalue weighted by molar-refractivity contribution is 5.95. The van der Waals surface area contributed by atoms with Gasteiger partial charge in [-0.25, -0.2) is 4.98 Å². The number of nitrogens with one attached hydrogen (secondary N) is 1. The molecule has 1 aliphatic rings. The van der Waals surface area contributed by atoms with Gasteiger partial charge in [-0.3, -0.25) is 4.79 Å². The summed E-state index contributed by atoms with van der Waals surface area (Å²) >= 11 is 0. The molecule has 126 valence electrons. The monoisotopic (exact) mass is 318 g/mol. The predicted octanol–water partition coefficient (Wildman–Crippen LogP) is 2.59. The number of aromatic nitrogens is 2. The molecule has 0 radical (unpaired) electrons. The molecule has 1 aliphatic heterocycles. The van der Waals surface area contributed by atoms with Gasteiger partial charge in [0.1, 0.15) is 5.82 Å². The zero-order valence-corrected chi connectivity index (χ0v) is 14.1. The van der Waals surface area contributed by atoms with Crippen molar-refractivity contribution in [2.24, 2.45) is 5.92 Å². The van der Waals surface area contributed by atoms with Gasteiger partial charge in [0.05, 0.1) is 5.69 Å². The van der Waals surface area contributed by atoms with Crippen LogP contribution in [0.15, 0.2) is 6.08 Å². The van der Waals surface area contributed by atoms with Crippen molar-refractivity contribution in [2.45, 2.75) is 46.1 Å². The van der Waals surface area contributed by atoms with E-state index in [0.29, 0.717) is 11.9 Å². The Balaban J connectivity index is 2.22. The third kappa shape index (κ3) is 4.76. The summed E-state index contributed by atoms with van der Waals surface area (Å²) in [4.78, 5) is 20.6. The van der Waals surface area contributed by atoms with E-state index in [9.17, 15) is 4.79 Å². The molecule has 1 saturated heterocycles. The Hall–Kier alpha value is -1.95. The van der Waals surface area contributed by atoms with Crippen molar-refractivity contribution in [3.05, 3.63) is 17.3 Å². The largest absolute Gasteiger partial charge is 0.381 e. The normalized spacial score (nSPS) is 17.3. The van der Waals surface area contributed by atoms with Crippen molar-refractivity contribution >= 4 is 23.6 Å². The molecule has 1 unspecified atom stereocenters. The number of anilines is 2. The Labute approximate surface area is 137 Å². The Bertz CT molecular complexity index is 580. The van der Waals surface area contributed by atoms with Crippen LogP contribution in [0.5, 0.6) is 0 Å². The van der Waals surface area contributed by atoms with Gasteiger partial charge in [0.2, 0.25) is 5.95 Å². The summed E-state index contributed by atoms with van der Waals surface area (Å²) in [5.74, 6) is 1.06. The van der Waals surface area contributed by atoms with E-state index < -0.39 is 0 Å². The number of aryl methyl sites for hydroxylation is 1. The Morgan fingerprint density at radius 3 is 2.78 bits per heavy atom. The minimum atomic E-state index is 0.0214. The van der Waals surface area contributed by atoms with Crippen molar-refractivity contribution < 1.29 is 9.53 Å². The van der Waals surface area contributed by atoms with E-state index >= 15 is 0 Å². The topological polar surface area (TPSA) is 90.1 Å². The van der Waals surface area contributed by atoms with Crippen molar-refractivity contribution in [3.63, 3.8) is 0 Å². The lowest BCUT2D eigenvalue weighted by molar-refractivity contribution is -0.117. The fourth-order valence-corrected chi connectivity index (χ4v) is 2.48. The van der Waals surface area contributed by atoms with Crippen molar-refractivity contribution in [1.29, 1.82) is 0 Å². The van der Waals surface area contributed by atoms with Crippen molar-refractivity contribution in [3.8, 4) is 0 Å². The zero-order valence-electron chi connectivity index (χ0n) is 14.1. The average Bonchev–Trinajstić information content (AvgIpc) is 2.53. The van der Waals surface area contributed by atoms with Crippen LogP contribution in [0.4, 0.5) is 11.8 Å². The minimum absolute atomic E-state index is 0.0214. The van der Waals surface area contributed by atoms with Crippen LogP contribution in [-0.2, 0) is 9.53 Å². The molecular formula is C17H26N4O2. The number of carbonyl (C=O) groups is 1. The summed E-state index contributed by atoms with van der Waals surface area (Å²) in [7, 11) is 0. The van der Waals surface area contributed by atoms with Crippen LogP contribution in [-0.4, -0.2) is 35.0 Å². The van der Waals surface area contributed by atoms with Crippen LogP contribution in [0.3, 0.4) is 0 Å². The molecule has 2 heterocycles. The molecule has 0 saturated carbocycles. The molecule has 6 nitrogen and oxygen atoms in total. The van der Waals surface area contributed by atoms with Gasteiger partial charge >= 0.3 is 0 Å². The summed E-state index contributed by atoms with van der Waals surface area (Å²) in [6.45, 7) is 7.30. The smallest absolute Gasteiger partial charge is 0.222 e. The van der Waals surface area contributed by atoms with Gasteiger partial charge in [0.15, 0.2) is 5.78 Å². The number of rotatable bonds is 6. The molecule has 1 atom stereocenters. The molecule has 1 aromatic rings. The first kappa shape index (κ1) is 17.4. The number of hydrogen-bond donors (Lipinski definition) is 2. The van der Waals surface area contributed by atoms with E-state index in [-0.39, 0.29) is 17.6 Å². The number of ether oxygens (including phenoxy) is 1. The molecule has 23 heavy (non-hydrogen) atoms. The second kappa shape index (κ2) is 8.06. The summed E-state index contributed by atoms with van der Waals surface area (Å²) in [5.41, 5.74) is 7.37. The van der Waals surface area contributed by atoms with Crippen LogP contribution in [0.1, 0.15) is 44.4 Å². The Morgan fingerprint density at radius 1 is 1.43 bits per heavy atom. The summed E-state index contributed by atoms with van der Waals surface area (Å²) in [5, 5.41) is 3.42. The fraction of sp³-hybridized carbons (Fsp3) is 0.588. The van der Waals surface area contributed by atoms with Gasteiger partial charge in [-0.15, -0.1) is 0 Å². The lowest BCUT2D eigenvalue weighted by atomic mass is 10.0. The summed E-state index contributed by atoms with van der Waals surface area (Å²) < 4.78 is 5.38. The average molecular weight is 318 g/mol. The second-order valence-corrected chi connectivity index (χ2v) is 6.01. The number of nitrogen functional groups attached to an aromatic ring is 1. The van der Waals surface area contributed by atoms with Gasteiger partial charge < -0.3 is 15.8 Å². The third-order valence-electron chi connectivity index (χ3n) is 4.23. The molecule has 0 aliphatic carbocycles. The Morgan fingerprint density at radius 2 is 2.13 bits per heavy atom. The first-order valence-corrected chi connectivity index (χ1v) is 8.21. The van der Waals surface area contributed by atoms with Crippen LogP contribution in [0.25, 0.3) is 6.08 Å². The number of hydrogen-bond acceptors (Lipinski definition) is 6. The van der Waals surface area contributed by atoms with Gasteiger partial charge in [0, 0.05) is 30.7 Å². The van der Waals surface area contributed by atoms with Crippen LogP contribution in [0, 0.1) is 12.8 Å². The fourth-order valence-electron chi connectivity index (χ4n) is 2.48. The first-order valence-electron chi connectivity index (χ1n) is 8.21. The van der Waals surface area contributed by atoms with E-state index in [4.69, 9.17) is 10.5 Å². The van der Waals surface area contributed by atoms with Gasteiger partial charge in [-0.05, 0) is 38.3 Å². The van der Waals surface area contributed by atoms with E-state index in [0.717, 1.165) is 43.7 Å². The van der Waals surface area contributed by atoms with E-state index in [1.807, 2.05) is 20.8 Å². The molecule has 0 aromatic carbocycles. The van der Waals surface area contributed by atoms with Crippen molar-refractivity contribution in [1.82, 2.24) is 9.97 Å². The van der Waals surface area contributed by atoms with E-state index in [1.54, 1.807) is 12.2 Å². The quantitative estimate of drug-likeness (QED) is 0.784. The van der Waals surface area contributed by atoms with E-state index in [2.05, 4.69) is 15.3 Å². The molecule has 3 N–H and O–H groups in total. The van der Waals surface area contributed by atoms with Gasteiger partial charge in [0.25, 0.3) is 0 Å². The standard InChI is InChI=1S/C17H26N4O2/c1-4-11(2)15(22)6-5-14-12(3)19-17(18)21-16(14)20-13-7-9-23-10-8-13/h5-6,11,13H,4,7-10H2,1-3H3,(H3,18,19,20,21)/b6-5+. The van der Waals surface area contributed by atoms with Gasteiger partial charge in [-0.2, -0.15) is 4.98 Å². The molecule has 1 aromatic heterocycles. The maximum Gasteiger partial charge on any atom is 0.222 e.